The maximum atomic E-state index is 5.52. The van der Waals surface area contributed by atoms with Gasteiger partial charge in [0.1, 0.15) is 5.75 Å². The summed E-state index contributed by atoms with van der Waals surface area (Å²) < 4.78 is 5.52. The first kappa shape index (κ1) is 22.3. The summed E-state index contributed by atoms with van der Waals surface area (Å²) >= 11 is 0. The molecule has 1 saturated heterocycles. The fraction of sp³-hybridized carbons (Fsp3) is 0.682. The van der Waals surface area contributed by atoms with E-state index in [1.807, 2.05) is 12.1 Å². The first-order chi connectivity index (χ1) is 13.7. The molecule has 0 saturated carbocycles. The lowest BCUT2D eigenvalue weighted by molar-refractivity contribution is 0.297. The van der Waals surface area contributed by atoms with Gasteiger partial charge in [-0.3, -0.25) is 4.99 Å². The third-order valence-electron chi connectivity index (χ3n) is 5.35. The van der Waals surface area contributed by atoms with Crippen molar-refractivity contribution in [2.75, 3.05) is 57.8 Å². The predicted molar refractivity (Wildman–Crippen MR) is 120 cm³/mol. The van der Waals surface area contributed by atoms with E-state index in [-0.39, 0.29) is 0 Å². The van der Waals surface area contributed by atoms with Crippen molar-refractivity contribution >= 4 is 11.6 Å². The van der Waals surface area contributed by atoms with Crippen molar-refractivity contribution in [3.05, 3.63) is 24.3 Å². The van der Waals surface area contributed by atoms with Gasteiger partial charge in [0, 0.05) is 32.2 Å². The van der Waals surface area contributed by atoms with Gasteiger partial charge in [-0.25, -0.2) is 0 Å². The smallest absolute Gasteiger partial charge is 0.191 e. The van der Waals surface area contributed by atoms with Crippen LogP contribution in [0.1, 0.15) is 40.0 Å². The van der Waals surface area contributed by atoms with Gasteiger partial charge in [0.05, 0.1) is 12.8 Å². The van der Waals surface area contributed by atoms with Crippen molar-refractivity contribution in [3.63, 3.8) is 0 Å². The number of benzene rings is 1. The van der Waals surface area contributed by atoms with Gasteiger partial charge in [-0.2, -0.15) is 0 Å². The molecule has 0 bridgehead atoms. The molecule has 1 aliphatic rings. The molecule has 1 unspecified atom stereocenters. The first-order valence-corrected chi connectivity index (χ1v) is 10.9. The zero-order chi connectivity index (χ0) is 20.2. The van der Waals surface area contributed by atoms with Crippen LogP contribution in [0, 0.1) is 0 Å². The van der Waals surface area contributed by atoms with Gasteiger partial charge in [0.15, 0.2) is 5.96 Å². The lowest BCUT2D eigenvalue weighted by Crippen LogP contribution is -2.44. The summed E-state index contributed by atoms with van der Waals surface area (Å²) in [7, 11) is 1.74. The van der Waals surface area contributed by atoms with E-state index < -0.39 is 0 Å². The van der Waals surface area contributed by atoms with Crippen LogP contribution in [-0.4, -0.2) is 69.8 Å². The third kappa shape index (κ3) is 6.89. The highest BCUT2D eigenvalue weighted by atomic mass is 16.5. The van der Waals surface area contributed by atoms with E-state index in [1.54, 1.807) is 7.11 Å². The minimum Gasteiger partial charge on any atom is -0.495 e. The molecule has 28 heavy (non-hydrogen) atoms. The molecule has 1 fully saturated rings. The minimum absolute atomic E-state index is 0.401. The Balaban J connectivity index is 1.82. The molecule has 1 aliphatic heterocycles. The Labute approximate surface area is 171 Å². The van der Waals surface area contributed by atoms with Crippen LogP contribution in [0.2, 0.25) is 0 Å². The molecule has 2 rings (SSSR count). The van der Waals surface area contributed by atoms with Crippen LogP contribution in [0.4, 0.5) is 5.69 Å². The van der Waals surface area contributed by atoms with Crippen LogP contribution < -0.4 is 20.3 Å². The van der Waals surface area contributed by atoms with Gasteiger partial charge in [-0.1, -0.05) is 26.0 Å². The Hall–Kier alpha value is -1.95. The number of para-hydroxylation sites is 2. The summed E-state index contributed by atoms with van der Waals surface area (Å²) in [6.07, 6.45) is 3.44. The number of guanidine groups is 1. The largest absolute Gasteiger partial charge is 0.495 e. The van der Waals surface area contributed by atoms with E-state index in [0.29, 0.717) is 6.04 Å². The average Bonchev–Trinajstić information content (AvgIpc) is 3.19. The van der Waals surface area contributed by atoms with Gasteiger partial charge in [-0.05, 0) is 58.0 Å². The summed E-state index contributed by atoms with van der Waals surface area (Å²) in [6, 6.07) is 8.65. The Morgan fingerprint density at radius 1 is 1.21 bits per heavy atom. The van der Waals surface area contributed by atoms with Gasteiger partial charge in [0.25, 0.3) is 0 Å². The highest BCUT2D eigenvalue weighted by Crippen LogP contribution is 2.30. The second kappa shape index (κ2) is 12.5. The van der Waals surface area contributed by atoms with Gasteiger partial charge >= 0.3 is 0 Å². The summed E-state index contributed by atoms with van der Waals surface area (Å²) in [5, 5.41) is 7.02. The maximum absolute atomic E-state index is 5.52. The first-order valence-electron chi connectivity index (χ1n) is 10.9. The van der Waals surface area contributed by atoms with Crippen LogP contribution in [0.15, 0.2) is 29.3 Å². The van der Waals surface area contributed by atoms with Crippen molar-refractivity contribution in [2.24, 2.45) is 4.99 Å². The summed E-state index contributed by atoms with van der Waals surface area (Å²) in [4.78, 5) is 9.65. The van der Waals surface area contributed by atoms with Crippen molar-refractivity contribution < 1.29 is 4.74 Å². The number of nitrogens with one attached hydrogen (secondary N) is 2. The standard InChI is InChI=1S/C22H39N5O/c1-5-23-22(24-15-10-11-16-26(6-2)7-3)25-19-14-17-27(18-19)20-12-8-9-13-21(20)28-4/h8-9,12-13,19H,5-7,10-11,14-18H2,1-4H3,(H2,23,24,25). The van der Waals surface area contributed by atoms with E-state index in [1.165, 1.54) is 18.7 Å². The normalized spacial score (nSPS) is 17.2. The van der Waals surface area contributed by atoms with Crippen LogP contribution in [0.3, 0.4) is 0 Å². The molecular weight excluding hydrogens is 350 g/mol. The van der Waals surface area contributed by atoms with Gasteiger partial charge < -0.3 is 25.2 Å². The van der Waals surface area contributed by atoms with Crippen molar-refractivity contribution in [2.45, 2.75) is 46.1 Å². The molecule has 0 aromatic heterocycles. The third-order valence-corrected chi connectivity index (χ3v) is 5.35. The maximum Gasteiger partial charge on any atom is 0.191 e. The molecule has 1 heterocycles. The van der Waals surface area contributed by atoms with E-state index in [0.717, 1.165) is 63.8 Å². The van der Waals surface area contributed by atoms with E-state index in [2.05, 4.69) is 53.3 Å². The van der Waals surface area contributed by atoms with Gasteiger partial charge in [-0.15, -0.1) is 0 Å². The molecule has 1 atom stereocenters. The SMILES string of the molecule is CCNC(=NCCCCN(CC)CC)NC1CCN(c2ccccc2OC)C1. The van der Waals surface area contributed by atoms with E-state index in [9.17, 15) is 0 Å². The number of nitrogens with zero attached hydrogens (tertiary/aromatic N) is 3. The zero-order valence-corrected chi connectivity index (χ0v) is 18.2. The molecule has 1 aromatic rings. The van der Waals surface area contributed by atoms with E-state index in [4.69, 9.17) is 9.73 Å². The average molecular weight is 390 g/mol. The van der Waals surface area contributed by atoms with Crippen LogP contribution in [0.5, 0.6) is 5.75 Å². The number of anilines is 1. The van der Waals surface area contributed by atoms with Crippen LogP contribution in [-0.2, 0) is 0 Å². The molecule has 1 aromatic carbocycles. The monoisotopic (exact) mass is 389 g/mol. The van der Waals surface area contributed by atoms with Crippen LogP contribution >= 0.6 is 0 Å². The molecule has 0 spiro atoms. The molecule has 6 nitrogen and oxygen atoms in total. The molecule has 6 heteroatoms. The van der Waals surface area contributed by atoms with Gasteiger partial charge in [0.2, 0.25) is 0 Å². The Morgan fingerprint density at radius 2 is 2.00 bits per heavy atom. The second-order valence-electron chi connectivity index (χ2n) is 7.24. The summed E-state index contributed by atoms with van der Waals surface area (Å²) in [6.45, 7) is 13.8. The highest BCUT2D eigenvalue weighted by molar-refractivity contribution is 5.80. The van der Waals surface area contributed by atoms with Crippen molar-refractivity contribution in [1.82, 2.24) is 15.5 Å². The topological polar surface area (TPSA) is 52.1 Å². The molecule has 158 valence electrons. The number of hydrogen-bond donors (Lipinski definition) is 2. The Kier molecular flexibility index (Phi) is 9.97. The number of hydrogen-bond acceptors (Lipinski definition) is 4. The zero-order valence-electron chi connectivity index (χ0n) is 18.2. The minimum atomic E-state index is 0.401. The number of methoxy groups -OCH3 is 1. The Bertz CT molecular complexity index is 588. The molecule has 2 N–H and O–H groups in total. The lowest BCUT2D eigenvalue weighted by Gasteiger charge is -2.22. The molecule has 0 amide bonds. The second-order valence-corrected chi connectivity index (χ2v) is 7.24. The summed E-state index contributed by atoms with van der Waals surface area (Å²) in [5.74, 6) is 1.88. The number of rotatable bonds is 11. The number of aliphatic imine (C=N–C) groups is 1. The van der Waals surface area contributed by atoms with Crippen LogP contribution in [0.25, 0.3) is 0 Å². The fourth-order valence-corrected chi connectivity index (χ4v) is 3.68. The van der Waals surface area contributed by atoms with E-state index >= 15 is 0 Å². The predicted octanol–water partition coefficient (Wildman–Crippen LogP) is 2.95. The lowest BCUT2D eigenvalue weighted by atomic mass is 10.2. The number of unbranched alkanes of at least 4 members (excludes halogenated alkanes) is 1. The highest BCUT2D eigenvalue weighted by Gasteiger charge is 2.25. The quantitative estimate of drug-likeness (QED) is 0.346. The molecular formula is C22H39N5O. The fourth-order valence-electron chi connectivity index (χ4n) is 3.68. The number of ether oxygens (including phenoxy) is 1. The Morgan fingerprint density at radius 3 is 2.71 bits per heavy atom. The molecule has 0 aliphatic carbocycles. The van der Waals surface area contributed by atoms with Crippen molar-refractivity contribution in [3.8, 4) is 5.75 Å². The molecule has 0 radical (unpaired) electrons. The van der Waals surface area contributed by atoms with Crippen molar-refractivity contribution in [1.29, 1.82) is 0 Å². The summed E-state index contributed by atoms with van der Waals surface area (Å²) in [5.41, 5.74) is 1.17.